The molecule has 2 heterocycles. The number of benzene rings is 1. The molecule has 22 heavy (non-hydrogen) atoms. The third-order valence-corrected chi connectivity index (χ3v) is 3.15. The second-order valence-corrected chi connectivity index (χ2v) is 4.68. The molecule has 0 radical (unpaired) electrons. The Kier molecular flexibility index (Phi) is 3.53. The molecular formula is C15H12N4O3. The summed E-state index contributed by atoms with van der Waals surface area (Å²) in [6.45, 7) is 0.307. The van der Waals surface area contributed by atoms with Crippen LogP contribution in [0.25, 0.3) is 5.65 Å². The number of nitro benzene ring substituents is 1. The lowest BCUT2D eigenvalue weighted by Crippen LogP contribution is -2.16. The van der Waals surface area contributed by atoms with Crippen LogP contribution in [0.15, 0.2) is 59.5 Å². The van der Waals surface area contributed by atoms with Crippen molar-refractivity contribution in [2.45, 2.75) is 6.54 Å². The van der Waals surface area contributed by atoms with Crippen LogP contribution in [0, 0.1) is 10.1 Å². The summed E-state index contributed by atoms with van der Waals surface area (Å²) >= 11 is 0. The van der Waals surface area contributed by atoms with E-state index in [0.29, 0.717) is 23.6 Å². The molecule has 0 bridgehead atoms. The first kappa shape index (κ1) is 13.7. The summed E-state index contributed by atoms with van der Waals surface area (Å²) in [7, 11) is 0. The monoisotopic (exact) mass is 296 g/mol. The number of non-ortho nitro benzene ring substituents is 1. The third kappa shape index (κ3) is 2.78. The van der Waals surface area contributed by atoms with Gasteiger partial charge < -0.3 is 5.32 Å². The van der Waals surface area contributed by atoms with Crippen LogP contribution in [0.1, 0.15) is 5.69 Å². The molecule has 1 N–H and O–H groups in total. The molecule has 0 unspecified atom stereocenters. The first-order valence-corrected chi connectivity index (χ1v) is 6.59. The fourth-order valence-electron chi connectivity index (χ4n) is 2.12. The fourth-order valence-corrected chi connectivity index (χ4v) is 2.12. The molecule has 0 atom stereocenters. The van der Waals surface area contributed by atoms with Crippen LogP contribution in [0.5, 0.6) is 0 Å². The predicted octanol–water partition coefficient (Wildman–Crippen LogP) is 2.21. The number of nitro groups is 1. The zero-order valence-corrected chi connectivity index (χ0v) is 11.5. The van der Waals surface area contributed by atoms with E-state index in [-0.39, 0.29) is 11.2 Å². The Morgan fingerprint density at radius 2 is 2.05 bits per heavy atom. The number of hydrogen-bond acceptors (Lipinski definition) is 5. The zero-order valence-electron chi connectivity index (χ0n) is 11.5. The Bertz CT molecular complexity index is 904. The minimum absolute atomic E-state index is 0.0107. The highest BCUT2D eigenvalue weighted by Gasteiger charge is 2.06. The van der Waals surface area contributed by atoms with E-state index in [0.717, 1.165) is 0 Å². The van der Waals surface area contributed by atoms with Gasteiger partial charge in [0.05, 0.1) is 17.2 Å². The highest BCUT2D eigenvalue weighted by molar-refractivity contribution is 5.51. The lowest BCUT2D eigenvalue weighted by atomic mass is 10.2. The minimum Gasteiger partial charge on any atom is -0.379 e. The summed E-state index contributed by atoms with van der Waals surface area (Å²) in [5, 5.41) is 13.8. The molecule has 3 aromatic rings. The highest BCUT2D eigenvalue weighted by atomic mass is 16.6. The molecule has 3 rings (SSSR count). The van der Waals surface area contributed by atoms with Crippen LogP contribution in [0.4, 0.5) is 11.4 Å². The minimum atomic E-state index is -0.453. The number of nitrogens with zero attached hydrogens (tertiary/aromatic N) is 3. The molecule has 0 aliphatic heterocycles. The van der Waals surface area contributed by atoms with Crippen LogP contribution >= 0.6 is 0 Å². The van der Waals surface area contributed by atoms with Crippen molar-refractivity contribution in [3.05, 3.63) is 80.9 Å². The number of aromatic nitrogens is 2. The van der Waals surface area contributed by atoms with Crippen molar-refractivity contribution >= 4 is 17.0 Å². The molecule has 0 saturated carbocycles. The van der Waals surface area contributed by atoms with Gasteiger partial charge in [0.25, 0.3) is 11.2 Å². The Hall–Kier alpha value is -3.22. The van der Waals surface area contributed by atoms with E-state index >= 15 is 0 Å². The summed E-state index contributed by atoms with van der Waals surface area (Å²) in [5.41, 5.74) is 1.58. The van der Waals surface area contributed by atoms with E-state index in [1.165, 1.54) is 22.6 Å². The van der Waals surface area contributed by atoms with E-state index in [1.54, 1.807) is 36.5 Å². The van der Waals surface area contributed by atoms with Gasteiger partial charge in [-0.3, -0.25) is 19.3 Å². The molecule has 7 heteroatoms. The van der Waals surface area contributed by atoms with Crippen molar-refractivity contribution < 1.29 is 4.92 Å². The van der Waals surface area contributed by atoms with E-state index < -0.39 is 4.92 Å². The van der Waals surface area contributed by atoms with Gasteiger partial charge in [0.1, 0.15) is 5.65 Å². The maximum Gasteiger partial charge on any atom is 0.271 e. The fraction of sp³-hybridized carbons (Fsp3) is 0.0667. The van der Waals surface area contributed by atoms with E-state index in [4.69, 9.17) is 0 Å². The maximum atomic E-state index is 12.0. The number of hydrogen-bond donors (Lipinski definition) is 1. The van der Waals surface area contributed by atoms with Gasteiger partial charge in [-0.05, 0) is 18.2 Å². The van der Waals surface area contributed by atoms with E-state index in [2.05, 4.69) is 10.3 Å². The molecule has 2 aromatic heterocycles. The molecule has 0 saturated heterocycles. The predicted molar refractivity (Wildman–Crippen MR) is 81.9 cm³/mol. The van der Waals surface area contributed by atoms with Crippen molar-refractivity contribution in [3.63, 3.8) is 0 Å². The van der Waals surface area contributed by atoms with E-state index in [9.17, 15) is 14.9 Å². The second kappa shape index (κ2) is 5.65. The van der Waals surface area contributed by atoms with Crippen LogP contribution in [-0.2, 0) is 6.54 Å². The Morgan fingerprint density at radius 1 is 1.18 bits per heavy atom. The summed E-state index contributed by atoms with van der Waals surface area (Å²) in [4.78, 5) is 26.6. The van der Waals surface area contributed by atoms with Gasteiger partial charge in [0.2, 0.25) is 0 Å². The molecule has 0 aliphatic rings. The van der Waals surface area contributed by atoms with Gasteiger partial charge in [0, 0.05) is 30.1 Å². The summed E-state index contributed by atoms with van der Waals surface area (Å²) in [6, 6.07) is 12.9. The maximum absolute atomic E-state index is 12.0. The van der Waals surface area contributed by atoms with Crippen molar-refractivity contribution in [1.82, 2.24) is 9.38 Å². The lowest BCUT2D eigenvalue weighted by Gasteiger charge is -2.07. The van der Waals surface area contributed by atoms with Gasteiger partial charge >= 0.3 is 0 Å². The van der Waals surface area contributed by atoms with Crippen LogP contribution in [0.3, 0.4) is 0 Å². The molecule has 0 aliphatic carbocycles. The van der Waals surface area contributed by atoms with Gasteiger partial charge in [-0.25, -0.2) is 4.98 Å². The molecular weight excluding hydrogens is 284 g/mol. The summed E-state index contributed by atoms with van der Waals surface area (Å²) in [5.74, 6) is 0. The molecule has 7 nitrogen and oxygen atoms in total. The average Bonchev–Trinajstić information content (AvgIpc) is 2.53. The van der Waals surface area contributed by atoms with Gasteiger partial charge in [-0.15, -0.1) is 0 Å². The van der Waals surface area contributed by atoms with Crippen molar-refractivity contribution in [1.29, 1.82) is 0 Å². The van der Waals surface area contributed by atoms with Gasteiger partial charge in [-0.2, -0.15) is 0 Å². The van der Waals surface area contributed by atoms with Crippen molar-refractivity contribution in [2.75, 3.05) is 5.32 Å². The third-order valence-electron chi connectivity index (χ3n) is 3.15. The van der Waals surface area contributed by atoms with Crippen LogP contribution < -0.4 is 10.9 Å². The summed E-state index contributed by atoms with van der Waals surface area (Å²) in [6.07, 6.45) is 1.66. The number of nitrogens with one attached hydrogen (secondary N) is 1. The van der Waals surface area contributed by atoms with Crippen molar-refractivity contribution in [2.24, 2.45) is 0 Å². The first-order valence-electron chi connectivity index (χ1n) is 6.59. The average molecular weight is 296 g/mol. The van der Waals surface area contributed by atoms with Gasteiger partial charge in [0.15, 0.2) is 0 Å². The number of fused-ring (bicyclic) bond motifs is 1. The Balaban J connectivity index is 1.83. The SMILES string of the molecule is O=c1cc(CNc2cccc([N+](=O)[O-])c2)nc2ccccn12. The number of rotatable bonds is 4. The lowest BCUT2D eigenvalue weighted by molar-refractivity contribution is -0.384. The molecule has 110 valence electrons. The van der Waals surface area contributed by atoms with E-state index in [1.807, 2.05) is 0 Å². The standard InChI is InChI=1S/C15H12N4O3/c20-15-9-12(17-14-6-1-2-7-18(14)15)10-16-11-4-3-5-13(8-11)19(21)22/h1-9,16H,10H2. The Morgan fingerprint density at radius 3 is 2.86 bits per heavy atom. The largest absolute Gasteiger partial charge is 0.379 e. The molecule has 0 fully saturated rings. The topological polar surface area (TPSA) is 89.5 Å². The second-order valence-electron chi connectivity index (χ2n) is 4.68. The van der Waals surface area contributed by atoms with Gasteiger partial charge in [-0.1, -0.05) is 12.1 Å². The molecule has 0 spiro atoms. The number of anilines is 1. The smallest absolute Gasteiger partial charge is 0.271 e. The molecule has 1 aromatic carbocycles. The van der Waals surface area contributed by atoms with Crippen LogP contribution in [-0.4, -0.2) is 14.3 Å². The molecule has 0 amide bonds. The Labute approximate surface area is 125 Å². The van der Waals surface area contributed by atoms with Crippen molar-refractivity contribution in [3.8, 4) is 0 Å². The number of pyridine rings is 1. The quantitative estimate of drug-likeness (QED) is 0.589. The summed E-state index contributed by atoms with van der Waals surface area (Å²) < 4.78 is 1.46. The normalized spacial score (nSPS) is 10.5. The first-order chi connectivity index (χ1) is 10.6. The highest BCUT2D eigenvalue weighted by Crippen LogP contribution is 2.17. The zero-order chi connectivity index (χ0) is 15.5. The van der Waals surface area contributed by atoms with Crippen LogP contribution in [0.2, 0.25) is 0 Å².